The normalized spacial score (nSPS) is 20.8. The van der Waals surface area contributed by atoms with Crippen LogP contribution in [0, 0.1) is 0 Å². The number of benzene rings is 3. The molecule has 0 unspecified atom stereocenters. The first-order chi connectivity index (χ1) is 16.1. The first kappa shape index (κ1) is 21.4. The van der Waals surface area contributed by atoms with Crippen LogP contribution in [0.1, 0.15) is 22.6 Å². The number of aliphatic hydroxyl groups excluding tert-OH is 1. The molecule has 5 heteroatoms. The maximum Gasteiger partial charge on any atom is 0.227 e. The summed E-state index contributed by atoms with van der Waals surface area (Å²) >= 11 is 0. The molecule has 0 aromatic heterocycles. The van der Waals surface area contributed by atoms with Gasteiger partial charge in [0.05, 0.1) is 31.0 Å². The van der Waals surface area contributed by atoms with Gasteiger partial charge in [0, 0.05) is 19.0 Å². The quantitative estimate of drug-likeness (QED) is 0.641. The fraction of sp³-hybridized carbons (Fsp3) is 0.286. The largest absolute Gasteiger partial charge is 0.394 e. The summed E-state index contributed by atoms with van der Waals surface area (Å²) in [5, 5.41) is 10.3. The van der Waals surface area contributed by atoms with Crippen molar-refractivity contribution in [2.45, 2.75) is 30.3 Å². The number of carbonyl (C=O) groups excluding carboxylic acids is 2. The Labute approximate surface area is 194 Å². The third-order valence-electron chi connectivity index (χ3n) is 7.07. The molecule has 2 heterocycles. The summed E-state index contributed by atoms with van der Waals surface area (Å²) in [4.78, 5) is 30.1. The second kappa shape index (κ2) is 8.83. The van der Waals surface area contributed by atoms with E-state index in [1.54, 1.807) is 0 Å². The van der Waals surface area contributed by atoms with E-state index >= 15 is 0 Å². The number of hydrogen-bond donors (Lipinski definition) is 1. The Morgan fingerprint density at radius 1 is 0.758 bits per heavy atom. The first-order valence-electron chi connectivity index (χ1n) is 11.5. The van der Waals surface area contributed by atoms with Gasteiger partial charge in [-0.15, -0.1) is 0 Å². The summed E-state index contributed by atoms with van der Waals surface area (Å²) < 4.78 is 0. The molecule has 2 saturated heterocycles. The zero-order valence-corrected chi connectivity index (χ0v) is 18.5. The fourth-order valence-electron chi connectivity index (χ4n) is 5.60. The topological polar surface area (TPSA) is 60.9 Å². The van der Waals surface area contributed by atoms with Crippen LogP contribution in [0.2, 0.25) is 0 Å². The number of rotatable bonds is 6. The van der Waals surface area contributed by atoms with E-state index in [1.807, 2.05) is 88.7 Å². The maximum absolute atomic E-state index is 13.4. The lowest BCUT2D eigenvalue weighted by atomic mass is 9.60. The predicted octanol–water partition coefficient (Wildman–Crippen LogP) is 3.04. The molecule has 2 fully saturated rings. The van der Waals surface area contributed by atoms with Crippen molar-refractivity contribution in [3.8, 4) is 0 Å². The van der Waals surface area contributed by atoms with Gasteiger partial charge in [-0.25, -0.2) is 0 Å². The van der Waals surface area contributed by atoms with Crippen LogP contribution in [0.25, 0.3) is 0 Å². The molecular weight excluding hydrogens is 412 g/mol. The van der Waals surface area contributed by atoms with Crippen molar-refractivity contribution in [1.29, 1.82) is 0 Å². The van der Waals surface area contributed by atoms with Gasteiger partial charge in [-0.1, -0.05) is 91.0 Å². The summed E-state index contributed by atoms with van der Waals surface area (Å²) in [6.45, 7) is 0.893. The first-order valence-corrected chi connectivity index (χ1v) is 11.5. The van der Waals surface area contributed by atoms with Gasteiger partial charge in [0.2, 0.25) is 11.8 Å². The third kappa shape index (κ3) is 3.83. The molecule has 0 radical (unpaired) electrons. The van der Waals surface area contributed by atoms with E-state index in [0.29, 0.717) is 25.9 Å². The number of carbonyl (C=O) groups is 2. The number of amides is 2. The number of likely N-dealkylation sites (tertiary alicyclic amines) is 2. The van der Waals surface area contributed by atoms with Crippen LogP contribution >= 0.6 is 0 Å². The van der Waals surface area contributed by atoms with Crippen LogP contribution in [0.4, 0.5) is 0 Å². The lowest BCUT2D eigenvalue weighted by Gasteiger charge is -2.70. The molecule has 1 spiro atoms. The monoisotopic (exact) mass is 440 g/mol. The summed E-state index contributed by atoms with van der Waals surface area (Å²) in [5.41, 5.74) is 2.58. The molecule has 2 amide bonds. The van der Waals surface area contributed by atoms with E-state index in [-0.39, 0.29) is 30.4 Å². The molecule has 0 bridgehead atoms. The van der Waals surface area contributed by atoms with E-state index in [1.165, 1.54) is 0 Å². The summed E-state index contributed by atoms with van der Waals surface area (Å²) in [7, 11) is 0. The highest BCUT2D eigenvalue weighted by molar-refractivity contribution is 5.84. The van der Waals surface area contributed by atoms with Crippen molar-refractivity contribution >= 4 is 11.8 Å². The minimum Gasteiger partial charge on any atom is -0.394 e. The Kier molecular flexibility index (Phi) is 5.73. The van der Waals surface area contributed by atoms with Gasteiger partial charge < -0.3 is 14.9 Å². The molecule has 2 aliphatic rings. The van der Waals surface area contributed by atoms with Crippen LogP contribution in [0.5, 0.6) is 0 Å². The zero-order valence-electron chi connectivity index (χ0n) is 18.5. The molecule has 2 aliphatic heterocycles. The minimum absolute atomic E-state index is 0.00240. The summed E-state index contributed by atoms with van der Waals surface area (Å²) in [6, 6.07) is 29.2. The van der Waals surface area contributed by atoms with Crippen molar-refractivity contribution in [2.24, 2.45) is 0 Å². The van der Waals surface area contributed by atoms with E-state index in [4.69, 9.17) is 0 Å². The number of hydrogen-bond acceptors (Lipinski definition) is 3. The molecule has 0 saturated carbocycles. The van der Waals surface area contributed by atoms with Crippen molar-refractivity contribution < 1.29 is 14.7 Å². The lowest BCUT2D eigenvalue weighted by molar-refractivity contribution is -0.202. The van der Waals surface area contributed by atoms with E-state index < -0.39 is 5.54 Å². The van der Waals surface area contributed by atoms with Gasteiger partial charge in [0.25, 0.3) is 0 Å². The molecule has 1 N–H and O–H groups in total. The highest BCUT2D eigenvalue weighted by Gasteiger charge is 2.67. The Balaban J connectivity index is 1.38. The highest BCUT2D eigenvalue weighted by atomic mass is 16.3. The average molecular weight is 441 g/mol. The molecular formula is C28H28N2O3. The molecule has 5 nitrogen and oxygen atoms in total. The van der Waals surface area contributed by atoms with Crippen LogP contribution in [-0.4, -0.2) is 58.0 Å². The van der Waals surface area contributed by atoms with Crippen molar-refractivity contribution in [3.63, 3.8) is 0 Å². The van der Waals surface area contributed by atoms with E-state index in [2.05, 4.69) is 12.1 Å². The van der Waals surface area contributed by atoms with E-state index in [9.17, 15) is 14.7 Å². The van der Waals surface area contributed by atoms with Crippen molar-refractivity contribution in [2.75, 3.05) is 19.7 Å². The van der Waals surface area contributed by atoms with Gasteiger partial charge in [-0.05, 0) is 16.7 Å². The van der Waals surface area contributed by atoms with Crippen LogP contribution in [-0.2, 0) is 22.4 Å². The van der Waals surface area contributed by atoms with Gasteiger partial charge >= 0.3 is 0 Å². The Bertz CT molecular complexity index is 1110. The molecule has 168 valence electrons. The Morgan fingerprint density at radius 2 is 1.24 bits per heavy atom. The number of nitrogens with zero attached hydrogens (tertiary/aromatic N) is 2. The predicted molar refractivity (Wildman–Crippen MR) is 127 cm³/mol. The standard InChI is InChI=1S/C28H28N2O3/c31-18-24-27(23-14-8-3-9-15-23)28(30(24)26(33)17-22-12-6-2-7-13-22)19-29(20-28)25(32)16-21-10-4-1-5-11-21/h1-15,24,27,31H,16-20H2/t24-,27-/m1/s1. The van der Waals surface area contributed by atoms with Gasteiger partial charge in [0.1, 0.15) is 0 Å². The van der Waals surface area contributed by atoms with Gasteiger partial charge in [-0.2, -0.15) is 0 Å². The fourth-order valence-corrected chi connectivity index (χ4v) is 5.60. The molecule has 33 heavy (non-hydrogen) atoms. The molecule has 5 rings (SSSR count). The minimum atomic E-state index is -0.465. The smallest absolute Gasteiger partial charge is 0.227 e. The molecule has 3 aromatic carbocycles. The highest BCUT2D eigenvalue weighted by Crippen LogP contribution is 2.54. The van der Waals surface area contributed by atoms with Crippen LogP contribution in [0.15, 0.2) is 91.0 Å². The number of aliphatic hydroxyl groups is 1. The zero-order chi connectivity index (χ0) is 22.8. The van der Waals surface area contributed by atoms with Crippen LogP contribution < -0.4 is 0 Å². The molecule has 3 aromatic rings. The third-order valence-corrected chi connectivity index (χ3v) is 7.07. The average Bonchev–Trinajstić information content (AvgIpc) is 2.80. The molecule has 0 aliphatic carbocycles. The van der Waals surface area contributed by atoms with Gasteiger partial charge in [0.15, 0.2) is 0 Å². The SMILES string of the molecule is O=C(Cc1ccccc1)N1CC2(C1)[C@H](c1ccccc1)[C@@H](CO)N2C(=O)Cc1ccccc1. The van der Waals surface area contributed by atoms with Crippen molar-refractivity contribution in [3.05, 3.63) is 108 Å². The lowest BCUT2D eigenvalue weighted by Crippen LogP contribution is -2.86. The van der Waals surface area contributed by atoms with Crippen molar-refractivity contribution in [1.82, 2.24) is 9.80 Å². The maximum atomic E-state index is 13.4. The second-order valence-electron chi connectivity index (χ2n) is 9.08. The Hall–Kier alpha value is -3.44. The summed E-state index contributed by atoms with van der Waals surface area (Å²) in [5.74, 6) is 0.0772. The molecule has 2 atom stereocenters. The van der Waals surface area contributed by atoms with E-state index in [0.717, 1.165) is 16.7 Å². The van der Waals surface area contributed by atoms with Crippen LogP contribution in [0.3, 0.4) is 0 Å². The Morgan fingerprint density at radius 3 is 1.76 bits per heavy atom. The summed E-state index contributed by atoms with van der Waals surface area (Å²) in [6.07, 6.45) is 0.646. The van der Waals surface area contributed by atoms with Gasteiger partial charge in [-0.3, -0.25) is 9.59 Å². The second-order valence-corrected chi connectivity index (χ2v) is 9.08.